The van der Waals surface area contributed by atoms with Gasteiger partial charge in [-0.25, -0.2) is 13.6 Å². The number of halogens is 1. The Labute approximate surface area is 117 Å². The van der Waals surface area contributed by atoms with Crippen LogP contribution in [0.4, 0.5) is 5.69 Å². The van der Waals surface area contributed by atoms with Crippen molar-refractivity contribution in [2.75, 3.05) is 5.32 Å². The Hall–Kier alpha value is -1.15. The zero-order valence-corrected chi connectivity index (χ0v) is 12.1. The molecule has 0 spiro atoms. The second-order valence-corrected chi connectivity index (χ2v) is 6.41. The highest BCUT2D eigenvalue weighted by Gasteiger charge is 2.19. The third kappa shape index (κ3) is 4.17. The van der Waals surface area contributed by atoms with E-state index in [9.17, 15) is 13.2 Å². The van der Waals surface area contributed by atoms with Crippen molar-refractivity contribution in [2.24, 2.45) is 16.8 Å². The fourth-order valence-corrected chi connectivity index (χ4v) is 2.00. The Morgan fingerprint density at radius 3 is 2.42 bits per heavy atom. The predicted molar refractivity (Wildman–Crippen MR) is 74.3 cm³/mol. The molecule has 1 atom stereocenters. The molecule has 1 rings (SSSR count). The van der Waals surface area contributed by atoms with Gasteiger partial charge >= 0.3 is 0 Å². The van der Waals surface area contributed by atoms with Gasteiger partial charge in [-0.3, -0.25) is 4.79 Å². The number of sulfonamides is 1. The third-order valence-corrected chi connectivity index (χ3v) is 3.79. The number of hydrogen-bond acceptors (Lipinski definition) is 4. The molecule has 0 aliphatic rings. The highest BCUT2D eigenvalue weighted by atomic mass is 35.5. The van der Waals surface area contributed by atoms with Gasteiger partial charge in [0.25, 0.3) is 0 Å². The summed E-state index contributed by atoms with van der Waals surface area (Å²) in [6.45, 7) is 3.60. The van der Waals surface area contributed by atoms with Crippen LogP contribution in [0.3, 0.4) is 0 Å². The number of amides is 1. The molecule has 0 saturated heterocycles. The fraction of sp³-hybridized carbons (Fsp3) is 0.364. The highest BCUT2D eigenvalue weighted by molar-refractivity contribution is 7.89. The summed E-state index contributed by atoms with van der Waals surface area (Å²) in [6.07, 6.45) is 0. The summed E-state index contributed by atoms with van der Waals surface area (Å²) in [5.74, 6) is -0.497. The van der Waals surface area contributed by atoms with Crippen molar-refractivity contribution < 1.29 is 13.2 Å². The number of benzene rings is 1. The molecule has 19 heavy (non-hydrogen) atoms. The molecule has 1 aromatic rings. The lowest BCUT2D eigenvalue weighted by molar-refractivity contribution is -0.118. The van der Waals surface area contributed by atoms with Crippen molar-refractivity contribution in [1.82, 2.24) is 0 Å². The van der Waals surface area contributed by atoms with Crippen molar-refractivity contribution in [3.8, 4) is 0 Å². The first-order valence-electron chi connectivity index (χ1n) is 5.51. The molecule has 1 aromatic carbocycles. The van der Waals surface area contributed by atoms with E-state index < -0.39 is 22.0 Å². The van der Waals surface area contributed by atoms with Crippen LogP contribution in [0.5, 0.6) is 0 Å². The zero-order valence-electron chi connectivity index (χ0n) is 10.6. The minimum Gasteiger partial charge on any atom is -0.323 e. The molecule has 0 saturated carbocycles. The lowest BCUT2D eigenvalue weighted by Crippen LogP contribution is -2.39. The van der Waals surface area contributed by atoms with Gasteiger partial charge in [0.1, 0.15) is 0 Å². The van der Waals surface area contributed by atoms with Crippen LogP contribution in [-0.2, 0) is 14.8 Å². The van der Waals surface area contributed by atoms with Crippen molar-refractivity contribution in [2.45, 2.75) is 24.8 Å². The molecule has 1 unspecified atom stereocenters. The lowest BCUT2D eigenvalue weighted by atomic mass is 10.1. The van der Waals surface area contributed by atoms with Gasteiger partial charge in [0, 0.05) is 0 Å². The zero-order chi connectivity index (χ0) is 14.8. The van der Waals surface area contributed by atoms with Gasteiger partial charge in [0.05, 0.1) is 21.6 Å². The first kappa shape index (κ1) is 15.9. The van der Waals surface area contributed by atoms with Gasteiger partial charge in [-0.15, -0.1) is 0 Å². The summed E-state index contributed by atoms with van der Waals surface area (Å²) in [4.78, 5) is 11.7. The van der Waals surface area contributed by atoms with Crippen LogP contribution in [0.1, 0.15) is 13.8 Å². The number of anilines is 1. The largest absolute Gasteiger partial charge is 0.323 e. The number of rotatable bonds is 4. The van der Waals surface area contributed by atoms with Crippen LogP contribution in [0, 0.1) is 5.92 Å². The number of nitrogens with two attached hydrogens (primary N) is 2. The third-order valence-electron chi connectivity index (χ3n) is 2.55. The van der Waals surface area contributed by atoms with E-state index in [0.717, 1.165) is 0 Å². The Balaban J connectivity index is 3.05. The van der Waals surface area contributed by atoms with Crippen LogP contribution in [0.25, 0.3) is 0 Å². The number of carbonyl (C=O) groups is 1. The van der Waals surface area contributed by atoms with Crippen molar-refractivity contribution in [3.05, 3.63) is 23.2 Å². The van der Waals surface area contributed by atoms with Gasteiger partial charge in [-0.2, -0.15) is 0 Å². The standard InChI is InChI=1S/C11H16ClN3O3S/c1-6(2)10(13)11(16)15-9-5-7(19(14,17)18)3-4-8(9)12/h3-6,10H,13H2,1-2H3,(H,15,16)(H2,14,17,18). The van der Waals surface area contributed by atoms with E-state index in [-0.39, 0.29) is 21.5 Å². The van der Waals surface area contributed by atoms with Gasteiger partial charge in [-0.1, -0.05) is 25.4 Å². The monoisotopic (exact) mass is 305 g/mol. The van der Waals surface area contributed by atoms with Gasteiger partial charge < -0.3 is 11.1 Å². The molecule has 6 nitrogen and oxygen atoms in total. The minimum atomic E-state index is -3.86. The van der Waals surface area contributed by atoms with E-state index in [1.165, 1.54) is 18.2 Å². The summed E-state index contributed by atoms with van der Waals surface area (Å²) in [5, 5.41) is 7.70. The van der Waals surface area contributed by atoms with Crippen LogP contribution in [-0.4, -0.2) is 20.4 Å². The maximum Gasteiger partial charge on any atom is 0.241 e. The highest BCUT2D eigenvalue weighted by Crippen LogP contribution is 2.25. The smallest absolute Gasteiger partial charge is 0.241 e. The van der Waals surface area contributed by atoms with Gasteiger partial charge in [-0.05, 0) is 24.1 Å². The Morgan fingerprint density at radius 2 is 1.95 bits per heavy atom. The number of nitrogens with one attached hydrogen (secondary N) is 1. The molecule has 0 aliphatic carbocycles. The van der Waals surface area contributed by atoms with Crippen LogP contribution in [0.2, 0.25) is 5.02 Å². The molecule has 0 aromatic heterocycles. The van der Waals surface area contributed by atoms with Crippen molar-refractivity contribution in [1.29, 1.82) is 0 Å². The van der Waals surface area contributed by atoms with E-state index in [4.69, 9.17) is 22.5 Å². The van der Waals surface area contributed by atoms with E-state index in [0.29, 0.717) is 0 Å². The lowest BCUT2D eigenvalue weighted by Gasteiger charge is -2.16. The first-order valence-corrected chi connectivity index (χ1v) is 7.44. The van der Waals surface area contributed by atoms with Crippen molar-refractivity contribution in [3.63, 3.8) is 0 Å². The van der Waals surface area contributed by atoms with Crippen LogP contribution >= 0.6 is 11.6 Å². The molecule has 106 valence electrons. The van der Waals surface area contributed by atoms with Gasteiger partial charge in [0.15, 0.2) is 0 Å². The number of primary sulfonamides is 1. The number of hydrogen-bond donors (Lipinski definition) is 3. The van der Waals surface area contributed by atoms with Gasteiger partial charge in [0.2, 0.25) is 15.9 Å². The van der Waals surface area contributed by atoms with Crippen molar-refractivity contribution >= 4 is 33.2 Å². The van der Waals surface area contributed by atoms with Crippen LogP contribution in [0.15, 0.2) is 23.1 Å². The fourth-order valence-electron chi connectivity index (χ4n) is 1.30. The second kappa shape index (κ2) is 5.87. The maximum absolute atomic E-state index is 11.8. The topological polar surface area (TPSA) is 115 Å². The van der Waals surface area contributed by atoms with E-state index in [2.05, 4.69) is 5.32 Å². The summed E-state index contributed by atoms with van der Waals surface area (Å²) < 4.78 is 22.4. The average molecular weight is 306 g/mol. The average Bonchev–Trinajstić information content (AvgIpc) is 2.29. The molecule has 0 heterocycles. The minimum absolute atomic E-state index is 0.0554. The molecule has 0 fully saturated rings. The van der Waals surface area contributed by atoms with E-state index in [1.54, 1.807) is 13.8 Å². The normalized spacial score (nSPS) is 13.4. The molecule has 0 bridgehead atoms. The Morgan fingerprint density at radius 1 is 1.37 bits per heavy atom. The Kier molecular flexibility index (Phi) is 4.92. The summed E-state index contributed by atoms with van der Waals surface area (Å²) >= 11 is 5.88. The summed E-state index contributed by atoms with van der Waals surface area (Å²) in [7, 11) is -3.86. The number of carbonyl (C=O) groups excluding carboxylic acids is 1. The first-order chi connectivity index (χ1) is 8.62. The predicted octanol–water partition coefficient (Wildman–Crippen LogP) is 0.909. The van der Waals surface area contributed by atoms with E-state index >= 15 is 0 Å². The molecular weight excluding hydrogens is 290 g/mol. The molecule has 0 radical (unpaired) electrons. The van der Waals surface area contributed by atoms with E-state index in [1.807, 2.05) is 0 Å². The summed E-state index contributed by atoms with van der Waals surface area (Å²) in [6, 6.07) is 3.09. The SMILES string of the molecule is CC(C)C(N)C(=O)Nc1cc(S(N)(=O)=O)ccc1Cl. The summed E-state index contributed by atoms with van der Waals surface area (Å²) in [5.41, 5.74) is 5.85. The molecule has 0 aliphatic heterocycles. The quantitative estimate of drug-likeness (QED) is 0.766. The Bertz CT molecular complexity index is 587. The molecule has 1 amide bonds. The molecule has 8 heteroatoms. The molecule has 5 N–H and O–H groups in total. The second-order valence-electron chi connectivity index (χ2n) is 4.45. The molecular formula is C11H16ClN3O3S. The van der Waals surface area contributed by atoms with Crippen LogP contribution < -0.4 is 16.2 Å². The maximum atomic E-state index is 11.8.